The first-order valence-electron chi connectivity index (χ1n) is 7.70. The molecule has 0 saturated carbocycles. The van der Waals surface area contributed by atoms with Crippen LogP contribution in [-0.2, 0) is 16.6 Å². The van der Waals surface area contributed by atoms with Gasteiger partial charge in [0.1, 0.15) is 10.6 Å². The molecule has 0 N–H and O–H groups in total. The van der Waals surface area contributed by atoms with Gasteiger partial charge in [-0.1, -0.05) is 12.1 Å². The Morgan fingerprint density at radius 3 is 2.65 bits per heavy atom. The second kappa shape index (κ2) is 6.72. The van der Waals surface area contributed by atoms with Crippen LogP contribution < -0.4 is 4.74 Å². The quantitative estimate of drug-likeness (QED) is 0.838. The fourth-order valence-corrected chi connectivity index (χ4v) is 4.62. The van der Waals surface area contributed by atoms with Crippen molar-refractivity contribution < 1.29 is 13.2 Å². The number of piperidine rings is 1. The Labute approximate surface area is 136 Å². The lowest BCUT2D eigenvalue weighted by molar-refractivity contribution is 0.252. The smallest absolute Gasteiger partial charge is 0.246 e. The third-order valence-electron chi connectivity index (χ3n) is 4.29. The number of aromatic nitrogens is 2. The molecule has 7 heteroatoms. The standard InChI is InChI=1S/C16H21N3O3S/c1-22-15-4-2-3-5-16(15)23(20,21)19-9-6-14(7-10-19)12-18-11-8-17-13-18/h2-5,8,11,13-14H,6-7,9-10,12H2,1H3. The van der Waals surface area contributed by atoms with Gasteiger partial charge in [-0.3, -0.25) is 0 Å². The van der Waals surface area contributed by atoms with E-state index in [0.717, 1.165) is 19.4 Å². The molecule has 0 unspecified atom stereocenters. The number of imidazole rings is 1. The van der Waals surface area contributed by atoms with E-state index in [1.807, 2.05) is 6.20 Å². The van der Waals surface area contributed by atoms with Gasteiger partial charge in [0.15, 0.2) is 0 Å². The van der Waals surface area contributed by atoms with Crippen molar-refractivity contribution in [2.24, 2.45) is 5.92 Å². The Bertz CT molecular complexity index is 736. The third-order valence-corrected chi connectivity index (χ3v) is 6.23. The number of para-hydroxylation sites is 1. The maximum absolute atomic E-state index is 12.8. The largest absolute Gasteiger partial charge is 0.495 e. The SMILES string of the molecule is COc1ccccc1S(=O)(=O)N1CCC(Cn2ccnc2)CC1. The molecule has 0 atom stereocenters. The average molecular weight is 335 g/mol. The number of hydrogen-bond acceptors (Lipinski definition) is 4. The predicted octanol–water partition coefficient (Wildman–Crippen LogP) is 1.99. The Hall–Kier alpha value is -1.86. The molecule has 0 spiro atoms. The van der Waals surface area contributed by atoms with Crippen LogP contribution in [0.5, 0.6) is 5.75 Å². The Kier molecular flexibility index (Phi) is 4.68. The molecular formula is C16H21N3O3S. The van der Waals surface area contributed by atoms with E-state index in [0.29, 0.717) is 24.8 Å². The normalized spacial score (nSPS) is 17.3. The van der Waals surface area contributed by atoms with Crippen LogP contribution in [0.25, 0.3) is 0 Å². The van der Waals surface area contributed by atoms with Crippen LogP contribution in [0.15, 0.2) is 47.9 Å². The maximum Gasteiger partial charge on any atom is 0.246 e. The molecule has 1 fully saturated rings. The van der Waals surface area contributed by atoms with Gasteiger partial charge in [0.05, 0.1) is 13.4 Å². The Morgan fingerprint density at radius 2 is 2.00 bits per heavy atom. The van der Waals surface area contributed by atoms with Crippen LogP contribution in [-0.4, -0.2) is 42.5 Å². The first kappa shape index (κ1) is 16.0. The second-order valence-corrected chi connectivity index (χ2v) is 7.66. The Balaban J connectivity index is 1.69. The third kappa shape index (κ3) is 3.40. The number of hydrogen-bond donors (Lipinski definition) is 0. The highest BCUT2D eigenvalue weighted by Crippen LogP contribution is 2.29. The molecule has 0 amide bonds. The van der Waals surface area contributed by atoms with Gasteiger partial charge in [-0.05, 0) is 30.9 Å². The summed E-state index contributed by atoms with van der Waals surface area (Å²) in [6.07, 6.45) is 7.22. The van der Waals surface area contributed by atoms with Crippen molar-refractivity contribution in [3.63, 3.8) is 0 Å². The molecule has 0 aliphatic carbocycles. The summed E-state index contributed by atoms with van der Waals surface area (Å²) in [6, 6.07) is 6.78. The first-order chi connectivity index (χ1) is 11.1. The average Bonchev–Trinajstić information content (AvgIpc) is 3.08. The van der Waals surface area contributed by atoms with Crippen LogP contribution in [0.3, 0.4) is 0 Å². The van der Waals surface area contributed by atoms with Crippen molar-refractivity contribution in [2.75, 3.05) is 20.2 Å². The van der Waals surface area contributed by atoms with Gasteiger partial charge in [-0.25, -0.2) is 13.4 Å². The summed E-state index contributed by atoms with van der Waals surface area (Å²) in [7, 11) is -2.01. The number of benzene rings is 1. The predicted molar refractivity (Wildman–Crippen MR) is 86.7 cm³/mol. The topological polar surface area (TPSA) is 64.4 Å². The van der Waals surface area contributed by atoms with Gasteiger partial charge in [0.25, 0.3) is 0 Å². The van der Waals surface area contributed by atoms with Crippen LogP contribution >= 0.6 is 0 Å². The van der Waals surface area contributed by atoms with Gasteiger partial charge >= 0.3 is 0 Å². The summed E-state index contributed by atoms with van der Waals surface area (Å²) in [4.78, 5) is 4.29. The highest BCUT2D eigenvalue weighted by Gasteiger charge is 2.31. The molecule has 1 aliphatic heterocycles. The van der Waals surface area contributed by atoms with Crippen LogP contribution in [0.2, 0.25) is 0 Å². The number of rotatable bonds is 5. The van der Waals surface area contributed by atoms with Crippen molar-refractivity contribution >= 4 is 10.0 Å². The highest BCUT2D eigenvalue weighted by molar-refractivity contribution is 7.89. The lowest BCUT2D eigenvalue weighted by Gasteiger charge is -2.31. The summed E-state index contributed by atoms with van der Waals surface area (Å²) in [5.41, 5.74) is 0. The summed E-state index contributed by atoms with van der Waals surface area (Å²) < 4.78 is 34.5. The Morgan fingerprint density at radius 1 is 1.26 bits per heavy atom. The van der Waals surface area contributed by atoms with Crippen molar-refractivity contribution in [3.8, 4) is 5.75 Å². The minimum Gasteiger partial charge on any atom is -0.495 e. The molecule has 1 saturated heterocycles. The van der Waals surface area contributed by atoms with Crippen molar-refractivity contribution in [1.82, 2.24) is 13.9 Å². The number of methoxy groups -OCH3 is 1. The highest BCUT2D eigenvalue weighted by atomic mass is 32.2. The van der Waals surface area contributed by atoms with Crippen LogP contribution in [0.4, 0.5) is 0 Å². The molecule has 2 heterocycles. The molecule has 1 aromatic carbocycles. The van der Waals surface area contributed by atoms with Crippen molar-refractivity contribution in [3.05, 3.63) is 43.0 Å². The fourth-order valence-electron chi connectivity index (χ4n) is 3.00. The van der Waals surface area contributed by atoms with Gasteiger partial charge in [-0.15, -0.1) is 0 Å². The van der Waals surface area contributed by atoms with Crippen molar-refractivity contribution in [2.45, 2.75) is 24.3 Å². The first-order valence-corrected chi connectivity index (χ1v) is 9.14. The number of nitrogens with zero attached hydrogens (tertiary/aromatic N) is 3. The summed E-state index contributed by atoms with van der Waals surface area (Å²) in [5.74, 6) is 0.876. The zero-order valence-corrected chi connectivity index (χ0v) is 13.9. The van der Waals surface area contributed by atoms with Crippen molar-refractivity contribution in [1.29, 1.82) is 0 Å². The van der Waals surface area contributed by atoms with Gasteiger partial charge in [-0.2, -0.15) is 4.31 Å². The number of ether oxygens (including phenoxy) is 1. The van der Waals surface area contributed by atoms with E-state index in [1.165, 1.54) is 7.11 Å². The molecule has 1 aliphatic rings. The van der Waals surface area contributed by atoms with E-state index in [4.69, 9.17) is 4.74 Å². The minimum atomic E-state index is -3.50. The van der Waals surface area contributed by atoms with E-state index in [9.17, 15) is 8.42 Å². The van der Waals surface area contributed by atoms with E-state index in [2.05, 4.69) is 9.55 Å². The monoisotopic (exact) mass is 335 g/mol. The zero-order chi connectivity index (χ0) is 16.3. The van der Waals surface area contributed by atoms with Crippen LogP contribution in [0, 0.1) is 5.92 Å². The molecule has 3 rings (SSSR count). The van der Waals surface area contributed by atoms with Gasteiger partial charge in [0.2, 0.25) is 10.0 Å². The summed E-state index contributed by atoms with van der Waals surface area (Å²) >= 11 is 0. The van der Waals surface area contributed by atoms with E-state index in [1.54, 1.807) is 41.1 Å². The molecule has 0 radical (unpaired) electrons. The maximum atomic E-state index is 12.8. The lowest BCUT2D eigenvalue weighted by Crippen LogP contribution is -2.39. The van der Waals surface area contributed by atoms with Gasteiger partial charge < -0.3 is 9.30 Å². The molecule has 2 aromatic rings. The van der Waals surface area contributed by atoms with Crippen LogP contribution in [0.1, 0.15) is 12.8 Å². The zero-order valence-electron chi connectivity index (χ0n) is 13.1. The molecule has 23 heavy (non-hydrogen) atoms. The van der Waals surface area contributed by atoms with E-state index < -0.39 is 10.0 Å². The summed E-state index contributed by atoms with van der Waals surface area (Å²) in [6.45, 7) is 1.97. The fraction of sp³-hybridized carbons (Fsp3) is 0.438. The van der Waals surface area contributed by atoms with E-state index >= 15 is 0 Å². The molecule has 0 bridgehead atoms. The molecular weight excluding hydrogens is 314 g/mol. The van der Waals surface area contributed by atoms with Gasteiger partial charge in [0, 0.05) is 32.0 Å². The number of sulfonamides is 1. The minimum absolute atomic E-state index is 0.246. The lowest BCUT2D eigenvalue weighted by atomic mass is 9.98. The van der Waals surface area contributed by atoms with E-state index in [-0.39, 0.29) is 4.90 Å². The molecule has 1 aromatic heterocycles. The molecule has 124 valence electrons. The summed E-state index contributed by atoms with van der Waals surface area (Å²) in [5, 5.41) is 0. The molecule has 6 nitrogen and oxygen atoms in total. The second-order valence-electron chi connectivity index (χ2n) is 5.76.